The number of aliphatic imine (C=N–C) groups is 1. The van der Waals surface area contributed by atoms with Crippen LogP contribution < -0.4 is 9.47 Å². The molecule has 2 aromatic rings. The summed E-state index contributed by atoms with van der Waals surface area (Å²) in [6.07, 6.45) is 3.49. The van der Waals surface area contributed by atoms with Crippen LogP contribution in [0.25, 0.3) is 6.08 Å². The van der Waals surface area contributed by atoms with Gasteiger partial charge in [0.15, 0.2) is 17.2 Å². The molecule has 0 bridgehead atoms. The van der Waals surface area contributed by atoms with Gasteiger partial charge in [-0.2, -0.15) is 0 Å². The first kappa shape index (κ1) is 22.5. The molecule has 9 heteroatoms. The van der Waals surface area contributed by atoms with Gasteiger partial charge in [0, 0.05) is 17.2 Å². The fraction of sp³-hybridized carbons (Fsp3) is 0.273. The highest BCUT2D eigenvalue weighted by Gasteiger charge is 2.26. The second kappa shape index (κ2) is 9.74. The number of nitro groups is 1. The van der Waals surface area contributed by atoms with Crippen LogP contribution in [-0.4, -0.2) is 30.5 Å². The Balaban J connectivity index is 1.92. The lowest BCUT2D eigenvalue weighted by molar-refractivity contribution is -0.385. The normalized spacial score (nSPS) is 14.4. The second-order valence-electron chi connectivity index (χ2n) is 6.83. The Morgan fingerprint density at radius 3 is 2.74 bits per heavy atom. The van der Waals surface area contributed by atoms with E-state index < -0.39 is 10.9 Å². The summed E-state index contributed by atoms with van der Waals surface area (Å²) in [5, 5.41) is 11.2. The molecule has 0 saturated carbocycles. The highest BCUT2D eigenvalue weighted by molar-refractivity contribution is 9.10. The number of nitrogens with zero attached hydrogens (tertiary/aromatic N) is 2. The van der Waals surface area contributed by atoms with Crippen LogP contribution in [0.4, 0.5) is 5.69 Å². The maximum absolute atomic E-state index is 12.3. The summed E-state index contributed by atoms with van der Waals surface area (Å²) >= 11 is 3.48. The van der Waals surface area contributed by atoms with Crippen LogP contribution in [0.1, 0.15) is 36.5 Å². The van der Waals surface area contributed by atoms with Crippen molar-refractivity contribution in [2.75, 3.05) is 13.7 Å². The highest BCUT2D eigenvalue weighted by atomic mass is 79.9. The van der Waals surface area contributed by atoms with E-state index in [9.17, 15) is 14.9 Å². The van der Waals surface area contributed by atoms with Crippen molar-refractivity contribution in [1.82, 2.24) is 0 Å². The van der Waals surface area contributed by atoms with Gasteiger partial charge < -0.3 is 14.2 Å². The van der Waals surface area contributed by atoms with E-state index in [1.54, 1.807) is 37.3 Å². The molecule has 0 spiro atoms. The van der Waals surface area contributed by atoms with Crippen molar-refractivity contribution in [3.8, 4) is 11.5 Å². The van der Waals surface area contributed by atoms with Crippen LogP contribution in [0.15, 0.2) is 45.5 Å². The summed E-state index contributed by atoms with van der Waals surface area (Å²) < 4.78 is 17.1. The molecule has 1 aliphatic heterocycles. The molecule has 2 aromatic carbocycles. The number of cyclic esters (lactones) is 1. The third kappa shape index (κ3) is 5.11. The third-order valence-corrected chi connectivity index (χ3v) is 5.16. The average molecular weight is 489 g/mol. The molecule has 0 unspecified atom stereocenters. The number of carbonyl (C=O) groups is 1. The maximum Gasteiger partial charge on any atom is 0.363 e. The summed E-state index contributed by atoms with van der Waals surface area (Å²) in [4.78, 5) is 27.2. The molecule has 1 heterocycles. The van der Waals surface area contributed by atoms with Crippen LogP contribution >= 0.6 is 15.9 Å². The van der Waals surface area contributed by atoms with E-state index in [2.05, 4.69) is 27.8 Å². The molecule has 0 fully saturated rings. The highest BCUT2D eigenvalue weighted by Crippen LogP contribution is 2.37. The summed E-state index contributed by atoms with van der Waals surface area (Å²) in [6.45, 7) is 4.28. The number of rotatable bonds is 8. The Morgan fingerprint density at radius 1 is 1.29 bits per heavy atom. The minimum absolute atomic E-state index is 0.0184. The van der Waals surface area contributed by atoms with Crippen LogP contribution in [0.2, 0.25) is 0 Å². The zero-order valence-electron chi connectivity index (χ0n) is 17.3. The van der Waals surface area contributed by atoms with Gasteiger partial charge in [0.2, 0.25) is 5.90 Å². The monoisotopic (exact) mass is 488 g/mol. The first-order valence-electron chi connectivity index (χ1n) is 9.62. The SMILES string of the molecule is CCCCOc1c(Br)cc(/C=C2\N=C(c3ccc(C)c([N+](=O)[O-])c3)OC2=O)cc1OC. The molecular formula is C22H21BrN2O6. The number of hydrogen-bond acceptors (Lipinski definition) is 7. The minimum atomic E-state index is -0.642. The molecule has 3 rings (SSSR count). The first-order valence-corrected chi connectivity index (χ1v) is 10.4. The fourth-order valence-corrected chi connectivity index (χ4v) is 3.49. The molecule has 0 aliphatic carbocycles. The molecule has 0 atom stereocenters. The first-order chi connectivity index (χ1) is 14.8. The van der Waals surface area contributed by atoms with E-state index >= 15 is 0 Å². The van der Waals surface area contributed by atoms with Gasteiger partial charge in [0.05, 0.1) is 23.1 Å². The predicted octanol–water partition coefficient (Wildman–Crippen LogP) is 5.20. The van der Waals surface area contributed by atoms with Gasteiger partial charge in [0.25, 0.3) is 5.69 Å². The Bertz CT molecular complexity index is 1090. The lowest BCUT2D eigenvalue weighted by Gasteiger charge is -2.13. The predicted molar refractivity (Wildman–Crippen MR) is 120 cm³/mol. The van der Waals surface area contributed by atoms with Crippen molar-refractivity contribution < 1.29 is 23.9 Å². The molecule has 0 radical (unpaired) electrons. The Labute approximate surface area is 187 Å². The molecule has 162 valence electrons. The summed E-state index contributed by atoms with van der Waals surface area (Å²) in [5.41, 5.74) is 1.52. The number of hydrogen-bond donors (Lipinski definition) is 0. The van der Waals surface area contributed by atoms with Gasteiger partial charge in [-0.3, -0.25) is 10.1 Å². The minimum Gasteiger partial charge on any atom is -0.493 e. The van der Waals surface area contributed by atoms with Crippen molar-refractivity contribution in [2.24, 2.45) is 4.99 Å². The number of methoxy groups -OCH3 is 1. The molecule has 0 N–H and O–H groups in total. The Hall–Kier alpha value is -3.20. The van der Waals surface area contributed by atoms with E-state index in [1.165, 1.54) is 13.2 Å². The molecule has 0 amide bonds. The standard InChI is InChI=1S/C22H21BrN2O6/c1-4-5-8-30-20-16(23)9-14(11-19(20)29-3)10-17-22(26)31-21(24-17)15-7-6-13(2)18(12-15)25(27)28/h6-7,9-12H,4-5,8H2,1-3H3/b17-10-. The topological polar surface area (TPSA) is 100 Å². The van der Waals surface area contributed by atoms with E-state index in [0.29, 0.717) is 39.3 Å². The summed E-state index contributed by atoms with van der Waals surface area (Å²) in [6, 6.07) is 8.07. The van der Waals surface area contributed by atoms with Crippen molar-refractivity contribution in [3.05, 3.63) is 67.3 Å². The average Bonchev–Trinajstić information content (AvgIpc) is 3.09. The number of unbranched alkanes of at least 4 members (excludes halogenated alkanes) is 1. The van der Waals surface area contributed by atoms with Crippen LogP contribution in [0.5, 0.6) is 11.5 Å². The van der Waals surface area contributed by atoms with Crippen LogP contribution in [0, 0.1) is 17.0 Å². The van der Waals surface area contributed by atoms with Crippen LogP contribution in [-0.2, 0) is 9.53 Å². The summed E-state index contributed by atoms with van der Waals surface area (Å²) in [5.74, 6) is 0.479. The number of benzene rings is 2. The lowest BCUT2D eigenvalue weighted by atomic mass is 10.1. The number of carbonyl (C=O) groups excluding carboxylic acids is 1. The van der Waals surface area contributed by atoms with E-state index in [0.717, 1.165) is 12.8 Å². The van der Waals surface area contributed by atoms with Crippen molar-refractivity contribution in [3.63, 3.8) is 0 Å². The molecule has 0 aromatic heterocycles. The fourth-order valence-electron chi connectivity index (χ4n) is 2.91. The zero-order valence-corrected chi connectivity index (χ0v) is 18.9. The van der Waals surface area contributed by atoms with Gasteiger partial charge in [-0.1, -0.05) is 19.4 Å². The van der Waals surface area contributed by atoms with Crippen molar-refractivity contribution >= 4 is 39.6 Å². The number of halogens is 1. The molecule has 1 aliphatic rings. The van der Waals surface area contributed by atoms with Gasteiger partial charge in [-0.25, -0.2) is 9.79 Å². The van der Waals surface area contributed by atoms with Crippen molar-refractivity contribution in [2.45, 2.75) is 26.7 Å². The largest absolute Gasteiger partial charge is 0.493 e. The van der Waals surface area contributed by atoms with Gasteiger partial charge >= 0.3 is 5.97 Å². The smallest absolute Gasteiger partial charge is 0.363 e. The van der Waals surface area contributed by atoms with Gasteiger partial charge in [-0.15, -0.1) is 0 Å². The Morgan fingerprint density at radius 2 is 2.06 bits per heavy atom. The lowest BCUT2D eigenvalue weighted by Crippen LogP contribution is -2.06. The van der Waals surface area contributed by atoms with E-state index in [1.807, 2.05) is 0 Å². The zero-order chi connectivity index (χ0) is 22.5. The molecule has 31 heavy (non-hydrogen) atoms. The summed E-state index contributed by atoms with van der Waals surface area (Å²) in [7, 11) is 1.54. The molecule has 0 saturated heterocycles. The number of aryl methyl sites for hydroxylation is 1. The molecule has 8 nitrogen and oxygen atoms in total. The third-order valence-electron chi connectivity index (χ3n) is 4.57. The van der Waals surface area contributed by atoms with Gasteiger partial charge in [-0.05, 0) is 59.1 Å². The van der Waals surface area contributed by atoms with E-state index in [-0.39, 0.29) is 17.3 Å². The quantitative estimate of drug-likeness (QED) is 0.166. The second-order valence-corrected chi connectivity index (χ2v) is 7.68. The Kier molecular flexibility index (Phi) is 7.06. The number of nitro benzene ring substituents is 1. The van der Waals surface area contributed by atoms with E-state index in [4.69, 9.17) is 14.2 Å². The molecular weight excluding hydrogens is 468 g/mol. The number of esters is 1. The van der Waals surface area contributed by atoms with Crippen molar-refractivity contribution in [1.29, 1.82) is 0 Å². The van der Waals surface area contributed by atoms with Crippen LogP contribution in [0.3, 0.4) is 0 Å². The number of ether oxygens (including phenoxy) is 3. The maximum atomic E-state index is 12.3. The van der Waals surface area contributed by atoms with Gasteiger partial charge in [0.1, 0.15) is 0 Å².